The van der Waals surface area contributed by atoms with Crippen LogP contribution in [0.25, 0.3) is 0 Å². The second-order valence-corrected chi connectivity index (χ2v) is 6.22. The number of hydrogen-bond acceptors (Lipinski definition) is 3. The fraction of sp³-hybridized carbons (Fsp3) is 0.917. The van der Waals surface area contributed by atoms with Gasteiger partial charge in [0.05, 0.1) is 6.54 Å². The maximum atomic E-state index is 4.45. The molecule has 1 fully saturated rings. The van der Waals surface area contributed by atoms with Crippen molar-refractivity contribution in [2.45, 2.75) is 50.7 Å². The van der Waals surface area contributed by atoms with Crippen molar-refractivity contribution in [3.63, 3.8) is 0 Å². The van der Waals surface area contributed by atoms with Gasteiger partial charge in [0.25, 0.3) is 0 Å². The summed E-state index contributed by atoms with van der Waals surface area (Å²) in [6.07, 6.45) is 8.63. The van der Waals surface area contributed by atoms with Gasteiger partial charge in [0.2, 0.25) is 0 Å². The molecule has 0 saturated heterocycles. The van der Waals surface area contributed by atoms with Gasteiger partial charge in [0.15, 0.2) is 5.17 Å². The van der Waals surface area contributed by atoms with Gasteiger partial charge in [-0.05, 0) is 18.8 Å². The zero-order valence-electron chi connectivity index (χ0n) is 9.67. The molecule has 1 heterocycles. The number of amidine groups is 1. The molecule has 0 radical (unpaired) electrons. The molecule has 0 aromatic heterocycles. The molecule has 86 valence electrons. The van der Waals surface area contributed by atoms with E-state index in [0.29, 0.717) is 5.25 Å². The minimum atomic E-state index is 0.683. The van der Waals surface area contributed by atoms with Crippen LogP contribution in [-0.2, 0) is 0 Å². The van der Waals surface area contributed by atoms with Gasteiger partial charge in [-0.3, -0.25) is 4.99 Å². The maximum absolute atomic E-state index is 4.45. The fourth-order valence-corrected chi connectivity index (χ4v) is 3.32. The summed E-state index contributed by atoms with van der Waals surface area (Å²) in [7, 11) is 0. The van der Waals surface area contributed by atoms with E-state index in [1.807, 2.05) is 11.8 Å². The molecule has 2 rings (SSSR count). The third-order valence-electron chi connectivity index (χ3n) is 3.34. The van der Waals surface area contributed by atoms with Crippen LogP contribution in [-0.4, -0.2) is 23.5 Å². The highest BCUT2D eigenvalue weighted by atomic mass is 32.2. The second kappa shape index (κ2) is 5.78. The number of nitrogens with one attached hydrogen (secondary N) is 1. The Morgan fingerprint density at radius 2 is 2.20 bits per heavy atom. The molecular formula is C12H22N2S. The molecule has 1 aliphatic heterocycles. The zero-order valence-corrected chi connectivity index (χ0v) is 10.5. The van der Waals surface area contributed by atoms with Crippen LogP contribution in [0.1, 0.15) is 45.4 Å². The Morgan fingerprint density at radius 3 is 2.87 bits per heavy atom. The molecule has 0 amide bonds. The molecule has 3 heteroatoms. The minimum Gasteiger partial charge on any atom is -0.365 e. The predicted molar refractivity (Wildman–Crippen MR) is 68.5 cm³/mol. The molecule has 1 saturated carbocycles. The summed E-state index contributed by atoms with van der Waals surface area (Å²) in [4.78, 5) is 4.45. The van der Waals surface area contributed by atoms with Gasteiger partial charge in [0.1, 0.15) is 0 Å². The van der Waals surface area contributed by atoms with Crippen LogP contribution in [0.15, 0.2) is 4.99 Å². The van der Waals surface area contributed by atoms with Crippen LogP contribution in [0.3, 0.4) is 0 Å². The lowest BCUT2D eigenvalue weighted by molar-refractivity contribution is 0.482. The van der Waals surface area contributed by atoms with Crippen LogP contribution < -0.4 is 5.32 Å². The van der Waals surface area contributed by atoms with E-state index in [1.165, 1.54) is 43.7 Å². The summed E-state index contributed by atoms with van der Waals surface area (Å²) in [6, 6.07) is 0. The zero-order chi connectivity index (χ0) is 10.5. The van der Waals surface area contributed by atoms with E-state index in [-0.39, 0.29) is 0 Å². The largest absolute Gasteiger partial charge is 0.365 e. The summed E-state index contributed by atoms with van der Waals surface area (Å²) < 4.78 is 0. The van der Waals surface area contributed by atoms with Crippen LogP contribution in [0, 0.1) is 5.92 Å². The summed E-state index contributed by atoms with van der Waals surface area (Å²) in [5.74, 6) is 1.03. The van der Waals surface area contributed by atoms with Crippen molar-refractivity contribution in [1.82, 2.24) is 5.32 Å². The van der Waals surface area contributed by atoms with E-state index in [4.69, 9.17) is 0 Å². The minimum absolute atomic E-state index is 0.683. The lowest BCUT2D eigenvalue weighted by Crippen LogP contribution is -2.20. The smallest absolute Gasteiger partial charge is 0.156 e. The Hall–Kier alpha value is -0.180. The number of nitrogens with zero attached hydrogens (tertiary/aromatic N) is 1. The number of hydrogen-bond donors (Lipinski definition) is 1. The SMILES string of the molecule is CC1CN=C(NCCCC2CCCC2)S1. The normalized spacial score (nSPS) is 27.0. The fourth-order valence-electron chi connectivity index (χ4n) is 2.46. The van der Waals surface area contributed by atoms with Gasteiger partial charge in [0, 0.05) is 11.8 Å². The number of thioether (sulfide) groups is 1. The first-order chi connectivity index (χ1) is 7.34. The van der Waals surface area contributed by atoms with Gasteiger partial charge in [-0.2, -0.15) is 0 Å². The van der Waals surface area contributed by atoms with Crippen molar-refractivity contribution < 1.29 is 0 Å². The molecule has 1 aliphatic carbocycles. The monoisotopic (exact) mass is 226 g/mol. The average Bonchev–Trinajstić information content (AvgIpc) is 2.84. The average molecular weight is 226 g/mol. The van der Waals surface area contributed by atoms with E-state index < -0.39 is 0 Å². The predicted octanol–water partition coefficient (Wildman–Crippen LogP) is 3.04. The summed E-state index contributed by atoms with van der Waals surface area (Å²) in [6.45, 7) is 4.35. The Balaban J connectivity index is 1.51. The Bertz CT molecular complexity index is 222. The lowest BCUT2D eigenvalue weighted by Gasteiger charge is -2.09. The second-order valence-electron chi connectivity index (χ2n) is 4.79. The maximum Gasteiger partial charge on any atom is 0.156 e. The van der Waals surface area contributed by atoms with E-state index >= 15 is 0 Å². The Kier molecular flexibility index (Phi) is 4.36. The van der Waals surface area contributed by atoms with Gasteiger partial charge in [-0.25, -0.2) is 0 Å². The Morgan fingerprint density at radius 1 is 1.40 bits per heavy atom. The molecular weight excluding hydrogens is 204 g/mol. The summed E-state index contributed by atoms with van der Waals surface area (Å²) >= 11 is 1.89. The third-order valence-corrected chi connectivity index (χ3v) is 4.39. The standard InChI is InChI=1S/C12H22N2S/c1-10-9-14-12(15-10)13-8-4-7-11-5-2-3-6-11/h10-11H,2-9H2,1H3,(H,13,14). The lowest BCUT2D eigenvalue weighted by atomic mass is 10.0. The highest BCUT2D eigenvalue weighted by Crippen LogP contribution is 2.28. The highest BCUT2D eigenvalue weighted by molar-refractivity contribution is 8.14. The number of rotatable bonds is 4. The first-order valence-electron chi connectivity index (χ1n) is 6.29. The summed E-state index contributed by atoms with van der Waals surface area (Å²) in [5, 5.41) is 5.31. The number of aliphatic imine (C=N–C) groups is 1. The van der Waals surface area contributed by atoms with Gasteiger partial charge in [-0.15, -0.1) is 0 Å². The molecule has 1 atom stereocenters. The topological polar surface area (TPSA) is 24.4 Å². The molecule has 0 spiro atoms. The van der Waals surface area contributed by atoms with E-state index in [9.17, 15) is 0 Å². The van der Waals surface area contributed by atoms with Crippen LogP contribution in [0.4, 0.5) is 0 Å². The van der Waals surface area contributed by atoms with Crippen molar-refractivity contribution in [2.75, 3.05) is 13.1 Å². The van der Waals surface area contributed by atoms with Crippen LogP contribution >= 0.6 is 11.8 Å². The first kappa shape index (κ1) is 11.3. The van der Waals surface area contributed by atoms with E-state index in [1.54, 1.807) is 0 Å². The Labute approximate surface area is 97.3 Å². The molecule has 1 N–H and O–H groups in total. The third kappa shape index (κ3) is 3.71. The summed E-state index contributed by atoms with van der Waals surface area (Å²) in [5.41, 5.74) is 0. The molecule has 2 nitrogen and oxygen atoms in total. The van der Waals surface area contributed by atoms with Gasteiger partial charge >= 0.3 is 0 Å². The first-order valence-corrected chi connectivity index (χ1v) is 7.17. The van der Waals surface area contributed by atoms with Crippen molar-refractivity contribution in [3.05, 3.63) is 0 Å². The van der Waals surface area contributed by atoms with Crippen molar-refractivity contribution in [1.29, 1.82) is 0 Å². The molecule has 1 unspecified atom stereocenters. The van der Waals surface area contributed by atoms with Crippen molar-refractivity contribution >= 4 is 16.9 Å². The van der Waals surface area contributed by atoms with Crippen molar-refractivity contribution in [2.24, 2.45) is 10.9 Å². The quantitative estimate of drug-likeness (QED) is 0.745. The highest BCUT2D eigenvalue weighted by Gasteiger charge is 2.16. The van der Waals surface area contributed by atoms with Crippen LogP contribution in [0.2, 0.25) is 0 Å². The molecule has 15 heavy (non-hydrogen) atoms. The molecule has 0 bridgehead atoms. The van der Waals surface area contributed by atoms with Gasteiger partial charge in [-0.1, -0.05) is 44.4 Å². The van der Waals surface area contributed by atoms with Crippen LogP contribution in [0.5, 0.6) is 0 Å². The van der Waals surface area contributed by atoms with Gasteiger partial charge < -0.3 is 5.32 Å². The van der Waals surface area contributed by atoms with E-state index in [0.717, 1.165) is 19.0 Å². The molecule has 0 aromatic rings. The molecule has 2 aliphatic rings. The van der Waals surface area contributed by atoms with E-state index in [2.05, 4.69) is 17.2 Å². The molecule has 0 aromatic carbocycles. The van der Waals surface area contributed by atoms with Crippen molar-refractivity contribution in [3.8, 4) is 0 Å².